The van der Waals surface area contributed by atoms with E-state index in [4.69, 9.17) is 0 Å². The Balaban J connectivity index is 1.84. The van der Waals surface area contributed by atoms with Crippen LogP contribution in [0.1, 0.15) is 86.0 Å². The van der Waals surface area contributed by atoms with Crippen LogP contribution in [-0.2, 0) is 9.59 Å². The number of hydrogen-bond donors (Lipinski definition) is 1. The number of rotatable bonds is 2. The summed E-state index contributed by atoms with van der Waals surface area (Å²) in [5.41, 5.74) is 1.77. The average Bonchev–Trinajstić information content (AvgIpc) is 2.91. The smallest absolute Gasteiger partial charge is 0.161 e. The van der Waals surface area contributed by atoms with Gasteiger partial charge in [0.05, 0.1) is 0 Å². The van der Waals surface area contributed by atoms with Crippen molar-refractivity contribution in [3.05, 3.63) is 11.6 Å². The van der Waals surface area contributed by atoms with E-state index in [0.717, 1.165) is 44.9 Å². The van der Waals surface area contributed by atoms with E-state index >= 15 is 0 Å². The molecule has 0 aromatic rings. The third-order valence-electron chi connectivity index (χ3n) is 11.1. The van der Waals surface area contributed by atoms with Crippen LogP contribution in [0.2, 0.25) is 0 Å². The zero-order valence-corrected chi connectivity index (χ0v) is 17.8. The Labute approximate surface area is 164 Å². The standard InChI is InChI=1S/C24H36O3/c1-20-9-7-17(26)14-16(20)6-10-24(5)22(3)11-8-18(19(27)15-25)21(22,2)12-13-23(20,24)4/h14,18,25H,6-13,15H2,1-5H3/t18-,20-,21+,22-,23-,24-/m1/s1. The van der Waals surface area contributed by atoms with Gasteiger partial charge in [-0.2, -0.15) is 0 Å². The van der Waals surface area contributed by atoms with E-state index in [1.807, 2.05) is 6.08 Å². The van der Waals surface area contributed by atoms with Gasteiger partial charge in [0.1, 0.15) is 6.61 Å². The van der Waals surface area contributed by atoms with E-state index in [0.29, 0.717) is 12.2 Å². The summed E-state index contributed by atoms with van der Waals surface area (Å²) in [4.78, 5) is 24.7. The number of Topliss-reactive ketones (excluding diaryl/α,β-unsaturated/α-hetero) is 1. The third-order valence-corrected chi connectivity index (χ3v) is 11.1. The van der Waals surface area contributed by atoms with Gasteiger partial charge in [0, 0.05) is 12.3 Å². The van der Waals surface area contributed by atoms with Gasteiger partial charge in [0.2, 0.25) is 0 Å². The Morgan fingerprint density at radius 1 is 0.963 bits per heavy atom. The molecule has 3 fully saturated rings. The second-order valence-corrected chi connectivity index (χ2v) is 11.1. The Kier molecular flexibility index (Phi) is 3.98. The second-order valence-electron chi connectivity index (χ2n) is 11.1. The first-order valence-corrected chi connectivity index (χ1v) is 10.9. The van der Waals surface area contributed by atoms with Crippen molar-refractivity contribution in [1.82, 2.24) is 0 Å². The van der Waals surface area contributed by atoms with Gasteiger partial charge >= 0.3 is 0 Å². The first-order chi connectivity index (χ1) is 12.5. The summed E-state index contributed by atoms with van der Waals surface area (Å²) < 4.78 is 0. The molecule has 27 heavy (non-hydrogen) atoms. The van der Waals surface area contributed by atoms with Crippen LogP contribution in [-0.4, -0.2) is 23.3 Å². The molecule has 3 nitrogen and oxygen atoms in total. The molecule has 0 radical (unpaired) electrons. The minimum atomic E-state index is -0.322. The fourth-order valence-electron chi connectivity index (χ4n) is 8.56. The number of fused-ring (bicyclic) bond motifs is 5. The molecule has 150 valence electrons. The number of aliphatic hydroxyl groups is 1. The van der Waals surface area contributed by atoms with Gasteiger partial charge < -0.3 is 5.11 Å². The highest BCUT2D eigenvalue weighted by Crippen LogP contribution is 2.81. The lowest BCUT2D eigenvalue weighted by Crippen LogP contribution is -2.66. The second kappa shape index (κ2) is 5.55. The zero-order chi connectivity index (χ0) is 19.9. The summed E-state index contributed by atoms with van der Waals surface area (Å²) in [6.07, 6.45) is 9.85. The summed E-state index contributed by atoms with van der Waals surface area (Å²) in [6, 6.07) is 0. The van der Waals surface area contributed by atoms with Crippen LogP contribution in [0.4, 0.5) is 0 Å². The quantitative estimate of drug-likeness (QED) is 0.752. The molecule has 4 aliphatic rings. The molecule has 0 amide bonds. The zero-order valence-electron chi connectivity index (χ0n) is 17.8. The lowest BCUT2D eigenvalue weighted by molar-refractivity contribution is -0.226. The van der Waals surface area contributed by atoms with Crippen molar-refractivity contribution >= 4 is 11.6 Å². The fraction of sp³-hybridized carbons (Fsp3) is 0.833. The van der Waals surface area contributed by atoms with Crippen molar-refractivity contribution in [2.75, 3.05) is 6.61 Å². The van der Waals surface area contributed by atoms with E-state index in [1.165, 1.54) is 5.57 Å². The first kappa shape index (κ1) is 19.4. The monoisotopic (exact) mass is 372 g/mol. The molecule has 6 atom stereocenters. The van der Waals surface area contributed by atoms with Gasteiger partial charge in [-0.25, -0.2) is 0 Å². The highest BCUT2D eigenvalue weighted by Gasteiger charge is 2.74. The Bertz CT molecular complexity index is 738. The van der Waals surface area contributed by atoms with Crippen molar-refractivity contribution in [2.45, 2.75) is 86.0 Å². The lowest BCUT2D eigenvalue weighted by Gasteiger charge is -2.73. The number of aliphatic hydroxyl groups excluding tert-OH is 1. The predicted octanol–water partition coefficient (Wildman–Crippen LogP) is 4.87. The third kappa shape index (κ3) is 1.97. The highest BCUT2D eigenvalue weighted by atomic mass is 16.3. The molecular weight excluding hydrogens is 336 g/mol. The van der Waals surface area contributed by atoms with Crippen molar-refractivity contribution in [3.8, 4) is 0 Å². The Morgan fingerprint density at radius 3 is 2.33 bits per heavy atom. The van der Waals surface area contributed by atoms with Gasteiger partial charge in [-0.15, -0.1) is 0 Å². The highest BCUT2D eigenvalue weighted by molar-refractivity contribution is 5.91. The molecule has 4 aliphatic carbocycles. The molecular formula is C24H36O3. The number of allylic oxidation sites excluding steroid dienone is 1. The summed E-state index contributed by atoms with van der Waals surface area (Å²) >= 11 is 0. The van der Waals surface area contributed by atoms with Gasteiger partial charge in [-0.05, 0) is 78.1 Å². The van der Waals surface area contributed by atoms with Crippen LogP contribution >= 0.6 is 0 Å². The van der Waals surface area contributed by atoms with Crippen LogP contribution in [0.15, 0.2) is 11.6 Å². The van der Waals surface area contributed by atoms with Gasteiger partial charge in [-0.3, -0.25) is 9.59 Å². The van der Waals surface area contributed by atoms with Crippen molar-refractivity contribution in [3.63, 3.8) is 0 Å². The summed E-state index contributed by atoms with van der Waals surface area (Å²) in [7, 11) is 0. The number of carbonyl (C=O) groups excluding carboxylic acids is 2. The number of ketones is 2. The fourth-order valence-corrected chi connectivity index (χ4v) is 8.56. The van der Waals surface area contributed by atoms with Crippen LogP contribution in [0.3, 0.4) is 0 Å². The van der Waals surface area contributed by atoms with Crippen molar-refractivity contribution in [1.29, 1.82) is 0 Å². The minimum absolute atomic E-state index is 0.00782. The SMILES string of the molecule is C[C@]12CCC3=CC(=O)CC[C@@]3(C)[C@@]1(C)CC[C@@]1(C)[C@@H](C(=O)CO)CC[C@@]21C. The van der Waals surface area contributed by atoms with E-state index < -0.39 is 0 Å². The van der Waals surface area contributed by atoms with Crippen LogP contribution in [0.25, 0.3) is 0 Å². The topological polar surface area (TPSA) is 54.4 Å². The summed E-state index contributed by atoms with van der Waals surface area (Å²) in [6.45, 7) is 11.9. The molecule has 4 rings (SSSR count). The van der Waals surface area contributed by atoms with E-state index in [-0.39, 0.29) is 45.4 Å². The number of carbonyl (C=O) groups is 2. The molecule has 0 saturated heterocycles. The maximum absolute atomic E-state index is 12.6. The lowest BCUT2D eigenvalue weighted by atomic mass is 9.31. The summed E-state index contributed by atoms with van der Waals surface area (Å²) in [5, 5.41) is 9.56. The van der Waals surface area contributed by atoms with Gasteiger partial charge in [-0.1, -0.05) is 40.2 Å². The molecule has 0 bridgehead atoms. The maximum atomic E-state index is 12.6. The van der Waals surface area contributed by atoms with E-state index in [1.54, 1.807) is 0 Å². The molecule has 0 aliphatic heterocycles. The van der Waals surface area contributed by atoms with Gasteiger partial charge in [0.25, 0.3) is 0 Å². The predicted molar refractivity (Wildman–Crippen MR) is 106 cm³/mol. The van der Waals surface area contributed by atoms with Crippen LogP contribution in [0.5, 0.6) is 0 Å². The van der Waals surface area contributed by atoms with Crippen molar-refractivity contribution < 1.29 is 14.7 Å². The maximum Gasteiger partial charge on any atom is 0.161 e. The van der Waals surface area contributed by atoms with E-state index in [9.17, 15) is 14.7 Å². The normalized spacial score (nSPS) is 51.9. The summed E-state index contributed by atoms with van der Waals surface area (Å²) in [5.74, 6) is 0.335. The molecule has 0 heterocycles. The van der Waals surface area contributed by atoms with Gasteiger partial charge in [0.15, 0.2) is 11.6 Å². The molecule has 1 N–H and O–H groups in total. The molecule has 0 aromatic carbocycles. The first-order valence-electron chi connectivity index (χ1n) is 10.9. The molecule has 0 unspecified atom stereocenters. The molecule has 3 heteroatoms. The Morgan fingerprint density at radius 2 is 1.67 bits per heavy atom. The van der Waals surface area contributed by atoms with E-state index in [2.05, 4.69) is 34.6 Å². The number of hydrogen-bond acceptors (Lipinski definition) is 3. The minimum Gasteiger partial charge on any atom is -0.389 e. The average molecular weight is 373 g/mol. The molecule has 0 spiro atoms. The Hall–Kier alpha value is -0.960. The molecule has 3 saturated carbocycles. The van der Waals surface area contributed by atoms with Crippen LogP contribution in [0, 0.1) is 33.0 Å². The largest absolute Gasteiger partial charge is 0.389 e. The van der Waals surface area contributed by atoms with Crippen LogP contribution < -0.4 is 0 Å². The molecule has 0 aromatic heterocycles. The van der Waals surface area contributed by atoms with Crippen molar-refractivity contribution in [2.24, 2.45) is 33.0 Å².